The van der Waals surface area contributed by atoms with E-state index in [0.29, 0.717) is 17.3 Å². The highest BCUT2D eigenvalue weighted by molar-refractivity contribution is 5.93. The average Bonchev–Trinajstić information content (AvgIpc) is 2.75. The van der Waals surface area contributed by atoms with Gasteiger partial charge in [-0.3, -0.25) is 0 Å². The first kappa shape index (κ1) is 21.7. The van der Waals surface area contributed by atoms with Gasteiger partial charge in [0.05, 0.1) is 12.6 Å². The molecule has 0 unspecified atom stereocenters. The van der Waals surface area contributed by atoms with E-state index >= 15 is 0 Å². The molecule has 1 aromatic heterocycles. The molecule has 1 saturated heterocycles. The van der Waals surface area contributed by atoms with Crippen molar-refractivity contribution in [1.29, 1.82) is 0 Å². The fourth-order valence-corrected chi connectivity index (χ4v) is 3.52. The molecule has 0 atom stereocenters. The molecule has 0 radical (unpaired) electrons. The van der Waals surface area contributed by atoms with Crippen LogP contribution in [0.5, 0.6) is 11.5 Å². The lowest BCUT2D eigenvalue weighted by Gasteiger charge is -2.29. The van der Waals surface area contributed by atoms with Crippen LogP contribution in [0, 0.1) is 12.3 Å². The van der Waals surface area contributed by atoms with Crippen molar-refractivity contribution in [3.8, 4) is 23.8 Å². The van der Waals surface area contributed by atoms with Crippen LogP contribution in [-0.2, 0) is 0 Å². The molecule has 6 nitrogen and oxygen atoms in total. The fourth-order valence-electron chi connectivity index (χ4n) is 3.52. The minimum Gasteiger partial charge on any atom is -0.493 e. The van der Waals surface area contributed by atoms with E-state index in [2.05, 4.69) is 33.2 Å². The van der Waals surface area contributed by atoms with Gasteiger partial charge in [0.15, 0.2) is 11.5 Å². The lowest BCUT2D eigenvalue weighted by atomic mass is 10.1. The second-order valence-corrected chi connectivity index (χ2v) is 7.21. The van der Waals surface area contributed by atoms with Crippen LogP contribution in [0.3, 0.4) is 0 Å². The summed E-state index contributed by atoms with van der Waals surface area (Å²) in [6.07, 6.45) is 9.21. The number of hydrogen-bond donors (Lipinski definition) is 1. The van der Waals surface area contributed by atoms with E-state index in [1.165, 1.54) is 6.33 Å². The normalized spacial score (nSPS) is 14.6. The number of terminal acetylenes is 1. The number of nitrogens with zero attached hydrogens (tertiary/aromatic N) is 3. The zero-order chi connectivity index (χ0) is 20.2. The maximum absolute atomic E-state index is 6.31. The number of methoxy groups -OCH3 is 1. The summed E-state index contributed by atoms with van der Waals surface area (Å²) < 4.78 is 11.9. The summed E-state index contributed by atoms with van der Waals surface area (Å²) >= 11 is 0. The van der Waals surface area contributed by atoms with Crippen LogP contribution in [0.25, 0.3) is 10.9 Å². The summed E-state index contributed by atoms with van der Waals surface area (Å²) in [4.78, 5) is 11.1. The molecule has 1 aliphatic rings. The molecule has 2 aromatic carbocycles. The van der Waals surface area contributed by atoms with Crippen LogP contribution in [0.2, 0.25) is 0 Å². The Morgan fingerprint density at radius 3 is 2.67 bits per heavy atom. The zero-order valence-electron chi connectivity index (χ0n) is 17.1. The van der Waals surface area contributed by atoms with Gasteiger partial charge in [-0.05, 0) is 44.2 Å². The first-order valence-corrected chi connectivity index (χ1v) is 9.68. The predicted octanol–water partition coefficient (Wildman–Crippen LogP) is 4.26. The van der Waals surface area contributed by atoms with Crippen molar-refractivity contribution in [2.45, 2.75) is 18.9 Å². The van der Waals surface area contributed by atoms with Crippen LogP contribution in [0.1, 0.15) is 18.4 Å². The van der Waals surface area contributed by atoms with Crippen molar-refractivity contribution in [2.75, 3.05) is 32.6 Å². The maximum atomic E-state index is 6.31. The maximum Gasteiger partial charge on any atom is 0.162 e. The molecular formula is C23H25ClN4O2. The van der Waals surface area contributed by atoms with E-state index in [1.807, 2.05) is 36.4 Å². The first-order valence-electron chi connectivity index (χ1n) is 9.68. The molecule has 7 heteroatoms. The number of ether oxygens (including phenoxy) is 2. The van der Waals surface area contributed by atoms with Gasteiger partial charge in [-0.25, -0.2) is 9.97 Å². The number of aromatic nitrogens is 2. The van der Waals surface area contributed by atoms with Gasteiger partial charge in [0.2, 0.25) is 0 Å². The average molecular weight is 425 g/mol. The second kappa shape index (κ2) is 9.66. The van der Waals surface area contributed by atoms with E-state index in [-0.39, 0.29) is 18.5 Å². The van der Waals surface area contributed by atoms with Crippen molar-refractivity contribution in [2.24, 2.45) is 0 Å². The molecule has 4 rings (SSSR count). The molecule has 1 fully saturated rings. The van der Waals surface area contributed by atoms with Crippen molar-refractivity contribution in [3.05, 3.63) is 48.3 Å². The second-order valence-electron chi connectivity index (χ2n) is 7.21. The van der Waals surface area contributed by atoms with Crippen LogP contribution < -0.4 is 14.8 Å². The molecule has 1 aliphatic heterocycles. The third-order valence-corrected chi connectivity index (χ3v) is 5.17. The third-order valence-electron chi connectivity index (χ3n) is 5.17. The Kier molecular flexibility index (Phi) is 6.99. The van der Waals surface area contributed by atoms with Crippen LogP contribution in [-0.4, -0.2) is 48.2 Å². The van der Waals surface area contributed by atoms with Crippen LogP contribution in [0.4, 0.5) is 11.5 Å². The summed E-state index contributed by atoms with van der Waals surface area (Å²) in [5.41, 5.74) is 2.46. The number of nitrogens with one attached hydrogen (secondary N) is 1. The summed E-state index contributed by atoms with van der Waals surface area (Å²) in [5.74, 6) is 4.73. The highest BCUT2D eigenvalue weighted by atomic mass is 35.5. The number of hydrogen-bond acceptors (Lipinski definition) is 6. The highest BCUT2D eigenvalue weighted by Crippen LogP contribution is 2.36. The zero-order valence-corrected chi connectivity index (χ0v) is 17.9. The number of rotatable bonds is 5. The molecule has 156 valence electrons. The molecular weight excluding hydrogens is 400 g/mol. The predicted molar refractivity (Wildman–Crippen MR) is 122 cm³/mol. The Morgan fingerprint density at radius 2 is 1.93 bits per heavy atom. The van der Waals surface area contributed by atoms with Crippen molar-refractivity contribution < 1.29 is 9.47 Å². The van der Waals surface area contributed by atoms with Crippen molar-refractivity contribution in [3.63, 3.8) is 0 Å². The van der Waals surface area contributed by atoms with Gasteiger partial charge in [-0.2, -0.15) is 0 Å². The molecule has 30 heavy (non-hydrogen) atoms. The summed E-state index contributed by atoms with van der Waals surface area (Å²) in [5, 5.41) is 4.21. The summed E-state index contributed by atoms with van der Waals surface area (Å²) in [6.45, 7) is 2.06. The molecule has 2 heterocycles. The molecule has 0 saturated carbocycles. The largest absolute Gasteiger partial charge is 0.493 e. The van der Waals surface area contributed by atoms with Gasteiger partial charge in [0.1, 0.15) is 18.2 Å². The Hall–Kier alpha value is -3.01. The minimum atomic E-state index is 0. The van der Waals surface area contributed by atoms with E-state index < -0.39 is 0 Å². The van der Waals surface area contributed by atoms with Crippen molar-refractivity contribution >= 4 is 34.8 Å². The first-order chi connectivity index (χ1) is 14.2. The quantitative estimate of drug-likeness (QED) is 0.617. The number of likely N-dealkylation sites (tertiary alicyclic amines) is 1. The minimum absolute atomic E-state index is 0. The number of fused-ring (bicyclic) bond motifs is 1. The highest BCUT2D eigenvalue weighted by Gasteiger charge is 2.20. The van der Waals surface area contributed by atoms with Gasteiger partial charge in [0.25, 0.3) is 0 Å². The number of halogens is 1. The third kappa shape index (κ3) is 4.76. The Balaban J connectivity index is 0.00000256. The van der Waals surface area contributed by atoms with Crippen LogP contribution in [0.15, 0.2) is 42.7 Å². The SMILES string of the molecule is C#Cc1cccc(Nc2ncnc3cc(OC)c(OC4CCN(C)CC4)cc23)c1.Cl. The molecule has 0 bridgehead atoms. The van der Waals surface area contributed by atoms with Crippen LogP contribution >= 0.6 is 12.4 Å². The lowest BCUT2D eigenvalue weighted by molar-refractivity contribution is 0.111. The van der Waals surface area contributed by atoms with Crippen molar-refractivity contribution in [1.82, 2.24) is 14.9 Å². The smallest absolute Gasteiger partial charge is 0.162 e. The topological polar surface area (TPSA) is 59.5 Å². The summed E-state index contributed by atoms with van der Waals surface area (Å²) in [7, 11) is 3.78. The van der Waals surface area contributed by atoms with Gasteiger partial charge >= 0.3 is 0 Å². The molecule has 3 aromatic rings. The van der Waals surface area contributed by atoms with E-state index in [4.69, 9.17) is 15.9 Å². The number of benzene rings is 2. The number of anilines is 2. The van der Waals surface area contributed by atoms with E-state index in [9.17, 15) is 0 Å². The van der Waals surface area contributed by atoms with Gasteiger partial charge < -0.3 is 19.7 Å². The summed E-state index contributed by atoms with van der Waals surface area (Å²) in [6, 6.07) is 11.5. The Labute approximate surface area is 183 Å². The Bertz CT molecular complexity index is 1060. The van der Waals surface area contributed by atoms with Gasteiger partial charge in [0, 0.05) is 35.8 Å². The molecule has 0 aliphatic carbocycles. The number of piperidine rings is 1. The standard InChI is InChI=1S/C23H24N4O2.ClH/c1-4-16-6-5-7-17(12-16)26-23-19-13-22(29-18-8-10-27(2)11-9-18)21(28-3)14-20(19)24-15-25-23;/h1,5-7,12-15,18H,8-11H2,2-3H3,(H,24,25,26);1H. The molecule has 0 amide bonds. The monoisotopic (exact) mass is 424 g/mol. The van der Waals surface area contributed by atoms with E-state index in [1.54, 1.807) is 7.11 Å². The fraction of sp³-hybridized carbons (Fsp3) is 0.304. The van der Waals surface area contributed by atoms with Gasteiger partial charge in [-0.1, -0.05) is 12.0 Å². The van der Waals surface area contributed by atoms with E-state index in [0.717, 1.165) is 48.1 Å². The van der Waals surface area contributed by atoms with Gasteiger partial charge in [-0.15, -0.1) is 18.8 Å². The lowest BCUT2D eigenvalue weighted by Crippen LogP contribution is -2.35. The Morgan fingerprint density at radius 1 is 1.13 bits per heavy atom. The molecule has 1 N–H and O–H groups in total. The molecule has 0 spiro atoms.